The van der Waals surface area contributed by atoms with E-state index in [0.717, 1.165) is 4.47 Å². The number of rotatable bonds is 6. The van der Waals surface area contributed by atoms with Crippen molar-refractivity contribution in [3.05, 3.63) is 123 Å². The molecule has 0 fully saturated rings. The van der Waals surface area contributed by atoms with Crippen LogP contribution in [0.4, 0.5) is 11.4 Å². The normalized spacial score (nSPS) is 10.4. The molecule has 0 aliphatic heterocycles. The van der Waals surface area contributed by atoms with Gasteiger partial charge in [0.2, 0.25) is 5.91 Å². The van der Waals surface area contributed by atoms with E-state index < -0.39 is 17.7 Å². The van der Waals surface area contributed by atoms with Gasteiger partial charge in [0.25, 0.3) is 17.4 Å². The van der Waals surface area contributed by atoms with Crippen molar-refractivity contribution in [2.45, 2.75) is 0 Å². The molecule has 0 radical (unpaired) electrons. The summed E-state index contributed by atoms with van der Waals surface area (Å²) in [5, 5.41) is 5.47. The van der Waals surface area contributed by atoms with Crippen LogP contribution in [0, 0.1) is 0 Å². The van der Waals surface area contributed by atoms with Crippen LogP contribution in [0.3, 0.4) is 0 Å². The van der Waals surface area contributed by atoms with Crippen molar-refractivity contribution in [1.82, 2.24) is 4.57 Å². The predicted molar refractivity (Wildman–Crippen MR) is 137 cm³/mol. The van der Waals surface area contributed by atoms with E-state index >= 15 is 0 Å². The maximum absolute atomic E-state index is 12.9. The number of halogens is 1. The average Bonchev–Trinajstić information content (AvgIpc) is 2.85. The van der Waals surface area contributed by atoms with E-state index in [-0.39, 0.29) is 22.5 Å². The number of nitrogens with two attached hydrogens (primary N) is 1. The number of aromatic nitrogens is 1. The minimum atomic E-state index is -0.672. The zero-order chi connectivity index (χ0) is 24.9. The van der Waals surface area contributed by atoms with Crippen molar-refractivity contribution >= 4 is 45.0 Å². The van der Waals surface area contributed by atoms with Crippen molar-refractivity contribution < 1.29 is 14.4 Å². The Morgan fingerprint density at radius 2 is 1.29 bits per heavy atom. The van der Waals surface area contributed by atoms with E-state index in [4.69, 9.17) is 5.73 Å². The highest BCUT2D eigenvalue weighted by molar-refractivity contribution is 9.10. The summed E-state index contributed by atoms with van der Waals surface area (Å²) in [5.41, 5.74) is 7.21. The van der Waals surface area contributed by atoms with Crippen LogP contribution in [0.2, 0.25) is 0 Å². The Kier molecular flexibility index (Phi) is 6.88. The number of hydrogen-bond acceptors (Lipinski definition) is 4. The highest BCUT2D eigenvalue weighted by atomic mass is 79.9. The van der Waals surface area contributed by atoms with Gasteiger partial charge >= 0.3 is 0 Å². The molecule has 0 unspecified atom stereocenters. The fraction of sp³-hybridized carbons (Fsp3) is 0. The fourth-order valence-electron chi connectivity index (χ4n) is 3.31. The van der Waals surface area contributed by atoms with Crippen molar-refractivity contribution in [3.8, 4) is 5.69 Å². The molecule has 4 N–H and O–H groups in total. The maximum atomic E-state index is 12.9. The van der Waals surface area contributed by atoms with Crippen molar-refractivity contribution in [2.24, 2.45) is 5.73 Å². The number of nitrogens with one attached hydrogen (secondary N) is 2. The molecule has 1 aromatic heterocycles. The minimum absolute atomic E-state index is 0.173. The summed E-state index contributed by atoms with van der Waals surface area (Å²) in [6.07, 6.45) is 1.64. The topological polar surface area (TPSA) is 123 Å². The molecule has 0 saturated carbocycles. The smallest absolute Gasteiger partial charge is 0.255 e. The zero-order valence-corrected chi connectivity index (χ0v) is 19.8. The lowest BCUT2D eigenvalue weighted by molar-refractivity contribution is 0.0996. The molecule has 0 aliphatic rings. The summed E-state index contributed by atoms with van der Waals surface area (Å²) in [6, 6.07) is 22.4. The van der Waals surface area contributed by atoms with Gasteiger partial charge < -0.3 is 16.4 Å². The Bertz CT molecular complexity index is 1480. The highest BCUT2D eigenvalue weighted by Crippen LogP contribution is 2.25. The minimum Gasteiger partial charge on any atom is -0.366 e. The first-order valence-corrected chi connectivity index (χ1v) is 11.2. The molecule has 4 rings (SSSR count). The van der Waals surface area contributed by atoms with Gasteiger partial charge in [-0.25, -0.2) is 0 Å². The molecule has 3 aromatic carbocycles. The molecule has 0 spiro atoms. The second-order valence-electron chi connectivity index (χ2n) is 7.50. The first-order chi connectivity index (χ1) is 16.8. The summed E-state index contributed by atoms with van der Waals surface area (Å²) in [6.45, 7) is 0. The van der Waals surface area contributed by atoms with Crippen molar-refractivity contribution in [1.29, 1.82) is 0 Å². The van der Waals surface area contributed by atoms with Crippen LogP contribution in [0.15, 0.2) is 100 Å². The fourth-order valence-corrected chi connectivity index (χ4v) is 3.58. The summed E-state index contributed by atoms with van der Waals surface area (Å²) in [7, 11) is 0. The number of hydrogen-bond donors (Lipinski definition) is 3. The molecule has 35 heavy (non-hydrogen) atoms. The van der Waals surface area contributed by atoms with E-state index in [2.05, 4.69) is 26.6 Å². The lowest BCUT2D eigenvalue weighted by Crippen LogP contribution is -2.19. The number of primary amides is 1. The van der Waals surface area contributed by atoms with E-state index in [9.17, 15) is 19.2 Å². The van der Waals surface area contributed by atoms with Crippen molar-refractivity contribution in [2.75, 3.05) is 10.6 Å². The van der Waals surface area contributed by atoms with E-state index in [1.807, 2.05) is 0 Å². The summed E-state index contributed by atoms with van der Waals surface area (Å²) in [4.78, 5) is 49.3. The molecule has 9 heteroatoms. The van der Waals surface area contributed by atoms with Gasteiger partial charge in [-0.2, -0.15) is 0 Å². The van der Waals surface area contributed by atoms with Gasteiger partial charge in [-0.15, -0.1) is 0 Å². The molecular formula is C26H19BrN4O4. The summed E-state index contributed by atoms with van der Waals surface area (Å²) < 4.78 is 2.28. The lowest BCUT2D eigenvalue weighted by Gasteiger charge is -2.14. The van der Waals surface area contributed by atoms with Crippen LogP contribution in [-0.4, -0.2) is 22.3 Å². The van der Waals surface area contributed by atoms with Gasteiger partial charge in [0, 0.05) is 39.1 Å². The molecule has 0 aliphatic carbocycles. The number of anilines is 2. The molecule has 3 amide bonds. The number of carbonyl (C=O) groups excluding carboxylic acids is 3. The molecule has 0 atom stereocenters. The average molecular weight is 531 g/mol. The molecule has 0 saturated heterocycles. The molecule has 8 nitrogen and oxygen atoms in total. The van der Waals surface area contributed by atoms with Crippen LogP contribution in [-0.2, 0) is 0 Å². The van der Waals surface area contributed by atoms with E-state index in [1.54, 1.807) is 66.9 Å². The second kappa shape index (κ2) is 10.2. The standard InChI is InChI=1S/C26H19BrN4O4/c27-19-9-4-16(5-10-19)26(35)30-22-15-18(24(28)33)8-13-21(22)29-25(34)17-6-11-20(12-7-17)31-14-2-1-3-23(31)32/h1-15H,(H2,28,33)(H,29,34)(H,30,35). The Morgan fingerprint density at radius 1 is 0.714 bits per heavy atom. The predicted octanol–water partition coefficient (Wildman–Crippen LogP) is 4.20. The van der Waals surface area contributed by atoms with Gasteiger partial charge in [0.05, 0.1) is 11.4 Å². The molecule has 0 bridgehead atoms. The molecule has 4 aromatic rings. The Hall–Kier alpha value is -4.50. The number of benzene rings is 3. The van der Waals surface area contributed by atoms with Gasteiger partial charge in [-0.05, 0) is 72.8 Å². The SMILES string of the molecule is NC(=O)c1ccc(NC(=O)c2ccc(-n3ccccc3=O)cc2)c(NC(=O)c2ccc(Br)cc2)c1. The number of amides is 3. The molecule has 1 heterocycles. The number of nitrogens with zero attached hydrogens (tertiary/aromatic N) is 1. The third-order valence-corrected chi connectivity index (χ3v) is 5.67. The summed E-state index contributed by atoms with van der Waals surface area (Å²) >= 11 is 3.32. The lowest BCUT2D eigenvalue weighted by atomic mass is 10.1. The van der Waals surface area contributed by atoms with Crippen LogP contribution < -0.4 is 21.9 Å². The molecular weight excluding hydrogens is 512 g/mol. The quantitative estimate of drug-likeness (QED) is 0.345. The van der Waals surface area contributed by atoms with Crippen LogP contribution in [0.5, 0.6) is 0 Å². The Balaban J connectivity index is 1.58. The van der Waals surface area contributed by atoms with E-state index in [0.29, 0.717) is 16.8 Å². The van der Waals surface area contributed by atoms with Crippen LogP contribution in [0.25, 0.3) is 5.69 Å². The Morgan fingerprint density at radius 3 is 1.89 bits per heavy atom. The van der Waals surface area contributed by atoms with Crippen LogP contribution >= 0.6 is 15.9 Å². The van der Waals surface area contributed by atoms with E-state index in [1.165, 1.54) is 28.8 Å². The van der Waals surface area contributed by atoms with Gasteiger partial charge in [-0.3, -0.25) is 23.7 Å². The molecule has 174 valence electrons. The maximum Gasteiger partial charge on any atom is 0.255 e. The third kappa shape index (κ3) is 5.53. The van der Waals surface area contributed by atoms with Crippen LogP contribution in [0.1, 0.15) is 31.1 Å². The monoisotopic (exact) mass is 530 g/mol. The second-order valence-corrected chi connectivity index (χ2v) is 8.41. The van der Waals surface area contributed by atoms with Gasteiger partial charge in [0.1, 0.15) is 0 Å². The van der Waals surface area contributed by atoms with Crippen molar-refractivity contribution in [3.63, 3.8) is 0 Å². The Labute approximate surface area is 208 Å². The number of pyridine rings is 1. The van der Waals surface area contributed by atoms with Gasteiger partial charge in [-0.1, -0.05) is 22.0 Å². The summed E-state index contributed by atoms with van der Waals surface area (Å²) in [5.74, 6) is -1.54. The first kappa shape index (κ1) is 23.7. The highest BCUT2D eigenvalue weighted by Gasteiger charge is 2.15. The van der Waals surface area contributed by atoms with Gasteiger partial charge in [0.15, 0.2) is 0 Å². The first-order valence-electron chi connectivity index (χ1n) is 10.4. The zero-order valence-electron chi connectivity index (χ0n) is 18.2. The number of carbonyl (C=O) groups is 3. The third-order valence-electron chi connectivity index (χ3n) is 5.14. The largest absolute Gasteiger partial charge is 0.366 e.